The summed E-state index contributed by atoms with van der Waals surface area (Å²) in [6.45, 7) is 18.3. The summed E-state index contributed by atoms with van der Waals surface area (Å²) in [7, 11) is 0. The van der Waals surface area contributed by atoms with E-state index in [0.717, 1.165) is 26.2 Å². The molecular weight excluding hydrogens is 232 g/mol. The van der Waals surface area contributed by atoms with Gasteiger partial charge in [-0.3, -0.25) is 4.90 Å². The Hall–Kier alpha value is -0.860. The summed E-state index contributed by atoms with van der Waals surface area (Å²) < 4.78 is 0. The third-order valence-electron chi connectivity index (χ3n) is 5.18. The molecule has 1 saturated heterocycles. The smallest absolute Gasteiger partial charge is 0.0326 e. The molecule has 2 heteroatoms. The Morgan fingerprint density at radius 1 is 0.789 bits per heavy atom. The van der Waals surface area contributed by atoms with Crippen LogP contribution in [-0.2, 0) is 0 Å². The Balaban J connectivity index is 2.43. The van der Waals surface area contributed by atoms with Crippen molar-refractivity contribution in [3.05, 3.63) is 33.4 Å². The molecule has 0 radical (unpaired) electrons. The van der Waals surface area contributed by atoms with Crippen LogP contribution in [0.3, 0.4) is 0 Å². The zero-order chi connectivity index (χ0) is 14.2. The molecular formula is C17H28N2. The fourth-order valence-corrected chi connectivity index (χ4v) is 3.41. The molecule has 1 fully saturated rings. The number of piperazine rings is 1. The van der Waals surface area contributed by atoms with Crippen molar-refractivity contribution in [1.29, 1.82) is 0 Å². The van der Waals surface area contributed by atoms with Crippen molar-refractivity contribution in [2.24, 2.45) is 0 Å². The third-order valence-corrected chi connectivity index (χ3v) is 5.18. The molecule has 2 nitrogen and oxygen atoms in total. The van der Waals surface area contributed by atoms with Crippen LogP contribution in [0.5, 0.6) is 0 Å². The Morgan fingerprint density at radius 3 is 1.68 bits per heavy atom. The highest BCUT2D eigenvalue weighted by atomic mass is 15.2. The average molecular weight is 260 g/mol. The average Bonchev–Trinajstić information content (AvgIpc) is 2.44. The molecule has 1 aromatic rings. The molecule has 1 atom stereocenters. The van der Waals surface area contributed by atoms with Gasteiger partial charge in [0.2, 0.25) is 0 Å². The molecule has 0 unspecified atom stereocenters. The van der Waals surface area contributed by atoms with Crippen molar-refractivity contribution in [2.45, 2.75) is 47.6 Å². The molecule has 1 aliphatic rings. The monoisotopic (exact) mass is 260 g/mol. The predicted molar refractivity (Wildman–Crippen MR) is 83.0 cm³/mol. The van der Waals surface area contributed by atoms with Crippen LogP contribution in [0.4, 0.5) is 0 Å². The van der Waals surface area contributed by atoms with Gasteiger partial charge in [-0.1, -0.05) is 0 Å². The van der Waals surface area contributed by atoms with Crippen molar-refractivity contribution in [2.75, 3.05) is 26.2 Å². The summed E-state index contributed by atoms with van der Waals surface area (Å²) in [6, 6.07) is 0.528. The first-order valence-corrected chi connectivity index (χ1v) is 7.46. The molecule has 0 aromatic heterocycles. The maximum atomic E-state index is 3.44. The zero-order valence-electron chi connectivity index (χ0n) is 13.4. The summed E-state index contributed by atoms with van der Waals surface area (Å²) >= 11 is 0. The molecule has 1 N–H and O–H groups in total. The summed E-state index contributed by atoms with van der Waals surface area (Å²) in [5.74, 6) is 0. The van der Waals surface area contributed by atoms with Crippen LogP contribution >= 0.6 is 0 Å². The van der Waals surface area contributed by atoms with E-state index in [1.165, 1.54) is 27.8 Å². The third kappa shape index (κ3) is 2.56. The standard InChI is InChI=1S/C17H28N2/c1-11-12(2)14(4)17(15(5)13(11)3)16(6)19-9-7-18-8-10-19/h16,18H,7-10H2,1-6H3/t16-/m0/s1. The molecule has 0 aliphatic carbocycles. The molecule has 1 aliphatic heterocycles. The maximum Gasteiger partial charge on any atom is 0.0326 e. The van der Waals surface area contributed by atoms with Crippen LogP contribution < -0.4 is 5.32 Å². The topological polar surface area (TPSA) is 15.3 Å². The molecule has 1 aromatic carbocycles. The number of hydrogen-bond acceptors (Lipinski definition) is 2. The lowest BCUT2D eigenvalue weighted by Gasteiger charge is -2.35. The Labute approximate surface area is 118 Å². The SMILES string of the molecule is Cc1c(C)c(C)c([C@H](C)N2CCNCC2)c(C)c1C. The lowest BCUT2D eigenvalue weighted by molar-refractivity contribution is 0.184. The number of nitrogens with zero attached hydrogens (tertiary/aromatic N) is 1. The molecule has 1 heterocycles. The van der Waals surface area contributed by atoms with Crippen molar-refractivity contribution in [3.8, 4) is 0 Å². The van der Waals surface area contributed by atoms with Gasteiger partial charge in [-0.05, 0) is 74.9 Å². The Kier molecular flexibility index (Phi) is 4.32. The summed E-state index contributed by atoms with van der Waals surface area (Å²) in [4.78, 5) is 2.61. The minimum Gasteiger partial charge on any atom is -0.314 e. The van der Waals surface area contributed by atoms with E-state index in [4.69, 9.17) is 0 Å². The number of nitrogens with one attached hydrogen (secondary N) is 1. The van der Waals surface area contributed by atoms with Gasteiger partial charge in [0, 0.05) is 32.2 Å². The van der Waals surface area contributed by atoms with Gasteiger partial charge in [-0.15, -0.1) is 0 Å². The van der Waals surface area contributed by atoms with E-state index in [9.17, 15) is 0 Å². The highest BCUT2D eigenvalue weighted by molar-refractivity contribution is 5.50. The number of benzene rings is 1. The molecule has 0 spiro atoms. The summed E-state index contributed by atoms with van der Waals surface area (Å²) in [5, 5.41) is 3.44. The highest BCUT2D eigenvalue weighted by Crippen LogP contribution is 2.33. The first-order valence-electron chi connectivity index (χ1n) is 7.46. The molecule has 2 rings (SSSR count). The van der Waals surface area contributed by atoms with Gasteiger partial charge in [0.15, 0.2) is 0 Å². The van der Waals surface area contributed by atoms with Crippen LogP contribution in [0.2, 0.25) is 0 Å². The van der Waals surface area contributed by atoms with E-state index in [1.54, 1.807) is 5.56 Å². The van der Waals surface area contributed by atoms with E-state index in [1.807, 2.05) is 0 Å². The molecule has 0 saturated carbocycles. The van der Waals surface area contributed by atoms with Gasteiger partial charge in [0.05, 0.1) is 0 Å². The van der Waals surface area contributed by atoms with Crippen LogP contribution in [0.1, 0.15) is 46.3 Å². The maximum absolute atomic E-state index is 3.44. The predicted octanol–water partition coefficient (Wildman–Crippen LogP) is 3.19. The quantitative estimate of drug-likeness (QED) is 0.878. The van der Waals surface area contributed by atoms with Crippen molar-refractivity contribution < 1.29 is 0 Å². The zero-order valence-corrected chi connectivity index (χ0v) is 13.4. The fraction of sp³-hybridized carbons (Fsp3) is 0.647. The fourth-order valence-electron chi connectivity index (χ4n) is 3.41. The minimum atomic E-state index is 0.528. The van der Waals surface area contributed by atoms with E-state index >= 15 is 0 Å². The minimum absolute atomic E-state index is 0.528. The van der Waals surface area contributed by atoms with Crippen molar-refractivity contribution in [1.82, 2.24) is 10.2 Å². The number of rotatable bonds is 2. The lowest BCUT2D eigenvalue weighted by Crippen LogP contribution is -2.44. The van der Waals surface area contributed by atoms with Crippen molar-refractivity contribution >= 4 is 0 Å². The second-order valence-corrected chi connectivity index (χ2v) is 6.00. The van der Waals surface area contributed by atoms with Crippen LogP contribution in [0.15, 0.2) is 0 Å². The Bertz CT molecular complexity index is 442. The second-order valence-electron chi connectivity index (χ2n) is 6.00. The highest BCUT2D eigenvalue weighted by Gasteiger charge is 2.23. The van der Waals surface area contributed by atoms with Gasteiger partial charge < -0.3 is 5.32 Å². The van der Waals surface area contributed by atoms with Gasteiger partial charge in [0.25, 0.3) is 0 Å². The second kappa shape index (κ2) is 5.64. The normalized spacial score (nSPS) is 18.6. The first-order chi connectivity index (χ1) is 8.95. The van der Waals surface area contributed by atoms with E-state index in [-0.39, 0.29) is 0 Å². The molecule has 19 heavy (non-hydrogen) atoms. The number of hydrogen-bond donors (Lipinski definition) is 1. The largest absolute Gasteiger partial charge is 0.314 e. The van der Waals surface area contributed by atoms with Gasteiger partial charge in [-0.2, -0.15) is 0 Å². The van der Waals surface area contributed by atoms with E-state index in [2.05, 4.69) is 51.8 Å². The van der Waals surface area contributed by atoms with Crippen LogP contribution in [0.25, 0.3) is 0 Å². The lowest BCUT2D eigenvalue weighted by atomic mass is 9.86. The van der Waals surface area contributed by atoms with Crippen LogP contribution in [-0.4, -0.2) is 31.1 Å². The van der Waals surface area contributed by atoms with Gasteiger partial charge in [0.1, 0.15) is 0 Å². The van der Waals surface area contributed by atoms with Gasteiger partial charge in [-0.25, -0.2) is 0 Å². The van der Waals surface area contributed by atoms with E-state index < -0.39 is 0 Å². The summed E-state index contributed by atoms with van der Waals surface area (Å²) in [6.07, 6.45) is 0. The molecule has 0 bridgehead atoms. The molecule has 0 amide bonds. The summed E-state index contributed by atoms with van der Waals surface area (Å²) in [5.41, 5.74) is 8.95. The Morgan fingerprint density at radius 2 is 1.21 bits per heavy atom. The van der Waals surface area contributed by atoms with Crippen molar-refractivity contribution in [3.63, 3.8) is 0 Å². The van der Waals surface area contributed by atoms with Gasteiger partial charge >= 0.3 is 0 Å². The molecule has 106 valence electrons. The first kappa shape index (κ1) is 14.5. The van der Waals surface area contributed by atoms with Crippen LogP contribution in [0, 0.1) is 34.6 Å². The van der Waals surface area contributed by atoms with E-state index in [0.29, 0.717) is 6.04 Å².